The molecule has 0 aliphatic heterocycles. The molecule has 0 heterocycles. The molecule has 14 heavy (non-hydrogen) atoms. The molecule has 2 heteroatoms. The van der Waals surface area contributed by atoms with Gasteiger partial charge in [-0.05, 0) is 49.6 Å². The molecule has 1 saturated carbocycles. The highest BCUT2D eigenvalue weighted by atomic mass is 14.9. The zero-order valence-corrected chi connectivity index (χ0v) is 9.97. The van der Waals surface area contributed by atoms with Crippen molar-refractivity contribution in [2.45, 2.75) is 40.0 Å². The van der Waals surface area contributed by atoms with Crippen LogP contribution in [0.2, 0.25) is 0 Å². The van der Waals surface area contributed by atoms with Crippen molar-refractivity contribution in [2.75, 3.05) is 19.6 Å². The van der Waals surface area contributed by atoms with Crippen LogP contribution in [-0.2, 0) is 0 Å². The van der Waals surface area contributed by atoms with E-state index in [-0.39, 0.29) is 0 Å². The van der Waals surface area contributed by atoms with Gasteiger partial charge in [-0.2, -0.15) is 0 Å². The van der Waals surface area contributed by atoms with Gasteiger partial charge in [0.25, 0.3) is 0 Å². The van der Waals surface area contributed by atoms with Gasteiger partial charge >= 0.3 is 0 Å². The zero-order chi connectivity index (χ0) is 10.6. The molecule has 1 rings (SSSR count). The molecule has 2 atom stereocenters. The lowest BCUT2D eigenvalue weighted by atomic mass is 9.87. The molecule has 0 aromatic carbocycles. The van der Waals surface area contributed by atoms with E-state index in [2.05, 4.69) is 26.1 Å². The Morgan fingerprint density at radius 1 is 1.50 bits per heavy atom. The second-order valence-electron chi connectivity index (χ2n) is 5.31. The van der Waals surface area contributed by atoms with Crippen LogP contribution in [0.1, 0.15) is 40.0 Å². The van der Waals surface area contributed by atoms with Crippen LogP contribution >= 0.6 is 0 Å². The second kappa shape index (κ2) is 5.13. The third-order valence-corrected chi connectivity index (χ3v) is 3.79. The molecule has 1 aliphatic rings. The molecule has 2 nitrogen and oxygen atoms in total. The fourth-order valence-electron chi connectivity index (χ4n) is 1.78. The number of hydrogen-bond acceptors (Lipinski definition) is 2. The molecule has 0 radical (unpaired) electrons. The average Bonchev–Trinajstić information content (AvgIpc) is 3.00. The molecule has 3 N–H and O–H groups in total. The summed E-state index contributed by atoms with van der Waals surface area (Å²) in [5.41, 5.74) is 6.06. The van der Waals surface area contributed by atoms with Crippen molar-refractivity contribution < 1.29 is 0 Å². The predicted molar refractivity (Wildman–Crippen MR) is 62.2 cm³/mol. The molecule has 2 unspecified atom stereocenters. The average molecular weight is 198 g/mol. The minimum atomic E-state index is 0.295. The third kappa shape index (κ3) is 3.58. The first-order valence-corrected chi connectivity index (χ1v) is 6.02. The third-order valence-electron chi connectivity index (χ3n) is 3.79. The molecular weight excluding hydrogens is 172 g/mol. The Bertz CT molecular complexity index is 160. The normalized spacial score (nSPS) is 23.1. The van der Waals surface area contributed by atoms with Crippen molar-refractivity contribution in [3.8, 4) is 0 Å². The highest BCUT2D eigenvalue weighted by Gasteiger charge is 2.28. The lowest BCUT2D eigenvalue weighted by Gasteiger charge is -2.27. The summed E-state index contributed by atoms with van der Waals surface area (Å²) < 4.78 is 0. The smallest absolute Gasteiger partial charge is 0.00173 e. The Kier molecular flexibility index (Phi) is 4.39. The topological polar surface area (TPSA) is 38.0 Å². The standard InChI is InChI=1S/C12H26N2/c1-4-12(3,8-13)9-14-7-10(2)11-5-6-11/h10-11,14H,4-9,13H2,1-3H3. The van der Waals surface area contributed by atoms with Gasteiger partial charge in [-0.1, -0.05) is 20.8 Å². The van der Waals surface area contributed by atoms with Crippen molar-refractivity contribution in [3.05, 3.63) is 0 Å². The summed E-state index contributed by atoms with van der Waals surface area (Å²) in [5.74, 6) is 1.86. The van der Waals surface area contributed by atoms with Crippen LogP contribution in [0.25, 0.3) is 0 Å². The maximum atomic E-state index is 5.77. The van der Waals surface area contributed by atoms with E-state index in [1.165, 1.54) is 19.4 Å². The summed E-state index contributed by atoms with van der Waals surface area (Å²) in [6.45, 7) is 9.86. The summed E-state index contributed by atoms with van der Waals surface area (Å²) >= 11 is 0. The Balaban J connectivity index is 2.12. The lowest BCUT2D eigenvalue weighted by Crippen LogP contribution is -2.39. The first-order chi connectivity index (χ1) is 6.61. The van der Waals surface area contributed by atoms with E-state index in [0.29, 0.717) is 5.41 Å². The van der Waals surface area contributed by atoms with Gasteiger partial charge in [0.2, 0.25) is 0 Å². The predicted octanol–water partition coefficient (Wildman–Crippen LogP) is 2.00. The quantitative estimate of drug-likeness (QED) is 0.656. The van der Waals surface area contributed by atoms with Crippen molar-refractivity contribution in [3.63, 3.8) is 0 Å². The fourth-order valence-corrected chi connectivity index (χ4v) is 1.78. The van der Waals surface area contributed by atoms with Crippen LogP contribution in [0.3, 0.4) is 0 Å². The van der Waals surface area contributed by atoms with Gasteiger partial charge in [0, 0.05) is 6.54 Å². The first kappa shape index (κ1) is 12.0. The van der Waals surface area contributed by atoms with Crippen molar-refractivity contribution >= 4 is 0 Å². The van der Waals surface area contributed by atoms with E-state index >= 15 is 0 Å². The number of nitrogens with one attached hydrogen (secondary N) is 1. The molecule has 0 amide bonds. The Hall–Kier alpha value is -0.0800. The molecule has 0 spiro atoms. The number of nitrogens with two attached hydrogens (primary N) is 1. The summed E-state index contributed by atoms with van der Waals surface area (Å²) in [4.78, 5) is 0. The Morgan fingerprint density at radius 2 is 2.14 bits per heavy atom. The first-order valence-electron chi connectivity index (χ1n) is 6.02. The van der Waals surface area contributed by atoms with Gasteiger partial charge < -0.3 is 11.1 Å². The van der Waals surface area contributed by atoms with Crippen molar-refractivity contribution in [1.29, 1.82) is 0 Å². The lowest BCUT2D eigenvalue weighted by molar-refractivity contribution is 0.292. The fraction of sp³-hybridized carbons (Fsp3) is 1.00. The molecule has 1 aliphatic carbocycles. The SMILES string of the molecule is CCC(C)(CN)CNCC(C)C1CC1. The van der Waals surface area contributed by atoms with Gasteiger partial charge in [-0.25, -0.2) is 0 Å². The minimum absolute atomic E-state index is 0.295. The zero-order valence-electron chi connectivity index (χ0n) is 9.97. The van der Waals surface area contributed by atoms with E-state index in [1.807, 2.05) is 0 Å². The van der Waals surface area contributed by atoms with E-state index in [4.69, 9.17) is 5.73 Å². The van der Waals surface area contributed by atoms with Gasteiger partial charge in [0.05, 0.1) is 0 Å². The van der Waals surface area contributed by atoms with Gasteiger partial charge in [-0.15, -0.1) is 0 Å². The molecule has 0 aromatic heterocycles. The van der Waals surface area contributed by atoms with E-state index < -0.39 is 0 Å². The van der Waals surface area contributed by atoms with Crippen molar-refractivity contribution in [2.24, 2.45) is 23.0 Å². The van der Waals surface area contributed by atoms with Crippen LogP contribution in [-0.4, -0.2) is 19.6 Å². The van der Waals surface area contributed by atoms with Gasteiger partial charge in [0.15, 0.2) is 0 Å². The number of rotatable bonds is 7. The minimum Gasteiger partial charge on any atom is -0.330 e. The monoisotopic (exact) mass is 198 g/mol. The van der Waals surface area contributed by atoms with E-state index in [1.54, 1.807) is 0 Å². The second-order valence-corrected chi connectivity index (χ2v) is 5.31. The Morgan fingerprint density at radius 3 is 2.57 bits per heavy atom. The van der Waals surface area contributed by atoms with Crippen molar-refractivity contribution in [1.82, 2.24) is 5.32 Å². The maximum Gasteiger partial charge on any atom is 0.00173 e. The highest BCUT2D eigenvalue weighted by Crippen LogP contribution is 2.36. The molecule has 1 fully saturated rings. The summed E-state index contributed by atoms with van der Waals surface area (Å²) in [6, 6.07) is 0. The highest BCUT2D eigenvalue weighted by molar-refractivity contribution is 4.81. The van der Waals surface area contributed by atoms with Gasteiger partial charge in [0.1, 0.15) is 0 Å². The van der Waals surface area contributed by atoms with Crippen LogP contribution in [0.15, 0.2) is 0 Å². The van der Waals surface area contributed by atoms with E-state index in [9.17, 15) is 0 Å². The largest absolute Gasteiger partial charge is 0.330 e. The summed E-state index contributed by atoms with van der Waals surface area (Å²) in [5, 5.41) is 3.57. The summed E-state index contributed by atoms with van der Waals surface area (Å²) in [7, 11) is 0. The van der Waals surface area contributed by atoms with Crippen LogP contribution in [0.4, 0.5) is 0 Å². The van der Waals surface area contributed by atoms with Crippen LogP contribution in [0, 0.1) is 17.3 Å². The molecular formula is C12H26N2. The molecule has 84 valence electrons. The maximum absolute atomic E-state index is 5.77. The summed E-state index contributed by atoms with van der Waals surface area (Å²) in [6.07, 6.45) is 4.06. The van der Waals surface area contributed by atoms with Crippen LogP contribution in [0.5, 0.6) is 0 Å². The van der Waals surface area contributed by atoms with E-state index in [0.717, 1.165) is 31.3 Å². The molecule has 0 saturated heterocycles. The number of hydrogen-bond donors (Lipinski definition) is 2. The Labute approximate surface area is 88.6 Å². The molecule has 0 aromatic rings. The van der Waals surface area contributed by atoms with Crippen LogP contribution < -0.4 is 11.1 Å². The molecule has 0 bridgehead atoms. The van der Waals surface area contributed by atoms with Gasteiger partial charge in [-0.3, -0.25) is 0 Å².